The molecule has 1 unspecified atom stereocenters. The van der Waals surface area contributed by atoms with E-state index in [1.165, 1.54) is 0 Å². The number of carbonyl (C=O) groups is 1. The van der Waals surface area contributed by atoms with Gasteiger partial charge in [-0.2, -0.15) is 0 Å². The molecule has 1 N–H and O–H groups in total. The molecule has 0 radical (unpaired) electrons. The summed E-state index contributed by atoms with van der Waals surface area (Å²) in [4.78, 5) is 10.9. The van der Waals surface area contributed by atoms with Gasteiger partial charge in [-0.3, -0.25) is 4.79 Å². The second-order valence-corrected chi connectivity index (χ2v) is 2.63. The standard InChI is InChI=1S/C8H12ClNO/c1-3-7(2)10-8(11)5-4-6-9/h1,7H,4-6H2,2H3,(H,10,11). The summed E-state index contributed by atoms with van der Waals surface area (Å²) in [5.74, 6) is 2.89. The molecule has 0 aliphatic rings. The van der Waals surface area contributed by atoms with Crippen LogP contribution in [0, 0.1) is 12.3 Å². The summed E-state index contributed by atoms with van der Waals surface area (Å²) in [6.45, 7) is 1.76. The van der Waals surface area contributed by atoms with Crippen LogP contribution < -0.4 is 5.32 Å². The number of hydrogen-bond acceptors (Lipinski definition) is 1. The molecular weight excluding hydrogens is 162 g/mol. The second-order valence-electron chi connectivity index (χ2n) is 2.25. The van der Waals surface area contributed by atoms with E-state index < -0.39 is 0 Å². The van der Waals surface area contributed by atoms with E-state index in [9.17, 15) is 4.79 Å². The Morgan fingerprint density at radius 1 is 1.82 bits per heavy atom. The molecule has 11 heavy (non-hydrogen) atoms. The molecule has 2 nitrogen and oxygen atoms in total. The predicted molar refractivity (Wildman–Crippen MR) is 46.4 cm³/mol. The van der Waals surface area contributed by atoms with Crippen LogP contribution in [-0.2, 0) is 4.79 Å². The predicted octanol–water partition coefficient (Wildman–Crippen LogP) is 1.14. The van der Waals surface area contributed by atoms with Crippen LogP contribution in [0.15, 0.2) is 0 Å². The van der Waals surface area contributed by atoms with Gasteiger partial charge in [0.2, 0.25) is 5.91 Å². The molecular formula is C8H12ClNO. The van der Waals surface area contributed by atoms with E-state index >= 15 is 0 Å². The van der Waals surface area contributed by atoms with E-state index in [1.54, 1.807) is 6.92 Å². The van der Waals surface area contributed by atoms with Crippen LogP contribution in [0.2, 0.25) is 0 Å². The zero-order valence-electron chi connectivity index (χ0n) is 6.56. The van der Waals surface area contributed by atoms with Crippen LogP contribution in [0.1, 0.15) is 19.8 Å². The maximum absolute atomic E-state index is 10.9. The summed E-state index contributed by atoms with van der Waals surface area (Å²) in [6.07, 6.45) is 6.21. The summed E-state index contributed by atoms with van der Waals surface area (Å²) < 4.78 is 0. The smallest absolute Gasteiger partial charge is 0.220 e. The highest BCUT2D eigenvalue weighted by molar-refractivity contribution is 6.17. The van der Waals surface area contributed by atoms with Gasteiger partial charge in [0, 0.05) is 12.3 Å². The fourth-order valence-electron chi connectivity index (χ4n) is 0.583. The normalized spacial score (nSPS) is 11.7. The lowest BCUT2D eigenvalue weighted by Gasteiger charge is -2.05. The molecule has 0 aromatic carbocycles. The summed E-state index contributed by atoms with van der Waals surface area (Å²) in [5.41, 5.74) is 0. The molecule has 0 aliphatic heterocycles. The Morgan fingerprint density at radius 3 is 2.91 bits per heavy atom. The second kappa shape index (κ2) is 6.06. The van der Waals surface area contributed by atoms with Crippen molar-refractivity contribution in [3.8, 4) is 12.3 Å². The third kappa shape index (κ3) is 5.75. The molecule has 1 atom stereocenters. The van der Waals surface area contributed by atoms with Gasteiger partial charge in [-0.25, -0.2) is 0 Å². The number of alkyl halides is 1. The quantitative estimate of drug-likeness (QED) is 0.502. The molecule has 0 rings (SSSR count). The van der Waals surface area contributed by atoms with E-state index in [1.807, 2.05) is 0 Å². The Bertz CT molecular complexity index is 162. The largest absolute Gasteiger partial charge is 0.343 e. The van der Waals surface area contributed by atoms with Gasteiger partial charge in [0.15, 0.2) is 0 Å². The van der Waals surface area contributed by atoms with Gasteiger partial charge in [0.25, 0.3) is 0 Å². The van der Waals surface area contributed by atoms with Crippen molar-refractivity contribution in [2.24, 2.45) is 0 Å². The third-order valence-corrected chi connectivity index (χ3v) is 1.43. The van der Waals surface area contributed by atoms with E-state index in [2.05, 4.69) is 11.2 Å². The highest BCUT2D eigenvalue weighted by Crippen LogP contribution is 1.92. The summed E-state index contributed by atoms with van der Waals surface area (Å²) in [5, 5.41) is 2.63. The van der Waals surface area contributed by atoms with E-state index in [-0.39, 0.29) is 11.9 Å². The topological polar surface area (TPSA) is 29.1 Å². The third-order valence-electron chi connectivity index (χ3n) is 1.16. The zero-order chi connectivity index (χ0) is 8.69. The maximum Gasteiger partial charge on any atom is 0.220 e. The first kappa shape index (κ1) is 10.3. The molecule has 0 saturated heterocycles. The van der Waals surface area contributed by atoms with Crippen LogP contribution in [0.25, 0.3) is 0 Å². The zero-order valence-corrected chi connectivity index (χ0v) is 7.32. The van der Waals surface area contributed by atoms with Crippen molar-refractivity contribution < 1.29 is 4.79 Å². The molecule has 3 heteroatoms. The lowest BCUT2D eigenvalue weighted by Crippen LogP contribution is -2.31. The Morgan fingerprint density at radius 2 is 2.45 bits per heavy atom. The van der Waals surface area contributed by atoms with Gasteiger partial charge < -0.3 is 5.32 Å². The molecule has 0 bridgehead atoms. The van der Waals surface area contributed by atoms with Crippen molar-refractivity contribution in [2.75, 3.05) is 5.88 Å². The first-order chi connectivity index (χ1) is 5.20. The van der Waals surface area contributed by atoms with Gasteiger partial charge in [0.05, 0.1) is 6.04 Å². The number of halogens is 1. The molecule has 1 amide bonds. The minimum Gasteiger partial charge on any atom is -0.343 e. The number of rotatable bonds is 4. The molecule has 0 saturated carbocycles. The monoisotopic (exact) mass is 173 g/mol. The Kier molecular flexibility index (Phi) is 5.68. The minimum absolute atomic E-state index is 0.0314. The van der Waals surface area contributed by atoms with Crippen molar-refractivity contribution in [3.05, 3.63) is 0 Å². The summed E-state index contributed by atoms with van der Waals surface area (Å²) in [6, 6.07) is -0.183. The number of hydrogen-bond donors (Lipinski definition) is 1. The van der Waals surface area contributed by atoms with Gasteiger partial charge >= 0.3 is 0 Å². The van der Waals surface area contributed by atoms with Crippen LogP contribution >= 0.6 is 11.6 Å². The Labute approximate surface area is 72.3 Å². The van der Waals surface area contributed by atoms with Crippen LogP contribution in [0.3, 0.4) is 0 Å². The molecule has 0 heterocycles. The average Bonchev–Trinajstić information content (AvgIpc) is 2.00. The van der Waals surface area contributed by atoms with Gasteiger partial charge in [-0.05, 0) is 13.3 Å². The molecule has 0 aliphatic carbocycles. The van der Waals surface area contributed by atoms with Gasteiger partial charge in [-0.15, -0.1) is 18.0 Å². The highest BCUT2D eigenvalue weighted by atomic mass is 35.5. The van der Waals surface area contributed by atoms with Crippen LogP contribution in [-0.4, -0.2) is 17.8 Å². The van der Waals surface area contributed by atoms with E-state index in [4.69, 9.17) is 18.0 Å². The first-order valence-electron chi connectivity index (χ1n) is 3.52. The summed E-state index contributed by atoms with van der Waals surface area (Å²) >= 11 is 5.40. The lowest BCUT2D eigenvalue weighted by atomic mass is 10.3. The minimum atomic E-state index is -0.183. The fourth-order valence-corrected chi connectivity index (χ4v) is 0.716. The lowest BCUT2D eigenvalue weighted by molar-refractivity contribution is -0.121. The maximum atomic E-state index is 10.9. The van der Waals surface area contributed by atoms with E-state index in [0.717, 1.165) is 0 Å². The summed E-state index contributed by atoms with van der Waals surface area (Å²) in [7, 11) is 0. The number of carbonyl (C=O) groups excluding carboxylic acids is 1. The van der Waals surface area contributed by atoms with Crippen molar-refractivity contribution in [3.63, 3.8) is 0 Å². The molecule has 62 valence electrons. The Balaban J connectivity index is 3.46. The van der Waals surface area contributed by atoms with Crippen molar-refractivity contribution in [1.29, 1.82) is 0 Å². The van der Waals surface area contributed by atoms with Crippen molar-refractivity contribution in [1.82, 2.24) is 5.32 Å². The first-order valence-corrected chi connectivity index (χ1v) is 4.05. The fraction of sp³-hybridized carbons (Fsp3) is 0.625. The van der Waals surface area contributed by atoms with Crippen LogP contribution in [0.4, 0.5) is 0 Å². The average molecular weight is 174 g/mol. The molecule has 0 spiro atoms. The Hall–Kier alpha value is -0.680. The number of nitrogens with one attached hydrogen (secondary N) is 1. The molecule has 0 aromatic heterocycles. The van der Waals surface area contributed by atoms with Crippen molar-refractivity contribution in [2.45, 2.75) is 25.8 Å². The van der Waals surface area contributed by atoms with Gasteiger partial charge in [0.1, 0.15) is 0 Å². The number of terminal acetylenes is 1. The van der Waals surface area contributed by atoms with Crippen molar-refractivity contribution >= 4 is 17.5 Å². The van der Waals surface area contributed by atoms with Gasteiger partial charge in [-0.1, -0.05) is 5.92 Å². The number of amides is 1. The van der Waals surface area contributed by atoms with Crippen LogP contribution in [0.5, 0.6) is 0 Å². The molecule has 0 aromatic rings. The SMILES string of the molecule is C#CC(C)NC(=O)CCCCl. The molecule has 0 fully saturated rings. The van der Waals surface area contributed by atoms with E-state index in [0.29, 0.717) is 18.7 Å². The highest BCUT2D eigenvalue weighted by Gasteiger charge is 2.02.